The van der Waals surface area contributed by atoms with E-state index in [1.165, 1.54) is 12.1 Å². The van der Waals surface area contributed by atoms with Crippen molar-refractivity contribution in [3.63, 3.8) is 0 Å². The van der Waals surface area contributed by atoms with Crippen molar-refractivity contribution < 1.29 is 23.4 Å². The zero-order valence-electron chi connectivity index (χ0n) is 16.9. The molecule has 3 aromatic rings. The molecule has 0 unspecified atom stereocenters. The van der Waals surface area contributed by atoms with Crippen molar-refractivity contribution in [2.24, 2.45) is 4.99 Å². The monoisotopic (exact) mass is 417 g/mol. The van der Waals surface area contributed by atoms with E-state index in [1.54, 1.807) is 36.4 Å². The maximum Gasteiger partial charge on any atom is 0.363 e. The fourth-order valence-electron chi connectivity index (χ4n) is 3.05. The summed E-state index contributed by atoms with van der Waals surface area (Å²) in [6.45, 7) is 2.74. The molecule has 0 spiro atoms. The van der Waals surface area contributed by atoms with Crippen molar-refractivity contribution in [1.29, 1.82) is 0 Å². The molecule has 0 amide bonds. The lowest BCUT2D eigenvalue weighted by atomic mass is 10.1. The molecule has 6 heteroatoms. The smallest absolute Gasteiger partial charge is 0.363 e. The first-order chi connectivity index (χ1) is 15.1. The van der Waals surface area contributed by atoms with E-state index in [9.17, 15) is 9.18 Å². The van der Waals surface area contributed by atoms with E-state index in [-0.39, 0.29) is 17.2 Å². The number of nitrogens with zero attached hydrogens (tertiary/aromatic N) is 1. The molecule has 0 saturated carbocycles. The molecular formula is C25H20FNO4. The summed E-state index contributed by atoms with van der Waals surface area (Å²) in [6, 6.07) is 21.2. The lowest BCUT2D eigenvalue weighted by Crippen LogP contribution is -2.07. The van der Waals surface area contributed by atoms with Crippen LogP contribution in [0.3, 0.4) is 0 Å². The number of hydrogen-bond donors (Lipinski definition) is 0. The summed E-state index contributed by atoms with van der Waals surface area (Å²) in [7, 11) is 0. The summed E-state index contributed by atoms with van der Waals surface area (Å²) in [6.07, 6.45) is 1.57. The lowest BCUT2D eigenvalue weighted by molar-refractivity contribution is -0.129. The van der Waals surface area contributed by atoms with Gasteiger partial charge >= 0.3 is 5.97 Å². The first kappa shape index (κ1) is 20.3. The van der Waals surface area contributed by atoms with Crippen molar-refractivity contribution in [3.05, 3.63) is 101 Å². The Hall–Kier alpha value is -3.93. The van der Waals surface area contributed by atoms with Crippen molar-refractivity contribution in [2.45, 2.75) is 13.5 Å². The molecule has 0 radical (unpaired) electrons. The molecule has 1 aliphatic heterocycles. The van der Waals surface area contributed by atoms with E-state index in [2.05, 4.69) is 4.99 Å². The quantitative estimate of drug-likeness (QED) is 0.394. The Morgan fingerprint density at radius 2 is 1.74 bits per heavy atom. The Kier molecular flexibility index (Phi) is 6.08. The van der Waals surface area contributed by atoms with Crippen LogP contribution < -0.4 is 9.47 Å². The summed E-state index contributed by atoms with van der Waals surface area (Å²) in [4.78, 5) is 16.4. The van der Waals surface area contributed by atoms with E-state index in [4.69, 9.17) is 14.2 Å². The molecule has 0 aromatic heterocycles. The number of cyclic esters (lactones) is 1. The van der Waals surface area contributed by atoms with Crippen LogP contribution in [0, 0.1) is 5.82 Å². The third kappa shape index (κ3) is 4.80. The number of halogens is 1. The first-order valence-corrected chi connectivity index (χ1v) is 9.85. The molecule has 5 nitrogen and oxygen atoms in total. The third-order valence-corrected chi connectivity index (χ3v) is 4.53. The van der Waals surface area contributed by atoms with Gasteiger partial charge in [-0.1, -0.05) is 48.5 Å². The molecule has 31 heavy (non-hydrogen) atoms. The molecule has 0 atom stereocenters. The normalized spacial score (nSPS) is 14.3. The minimum absolute atomic E-state index is 0.0535. The number of rotatable bonds is 7. The number of hydrogen-bond acceptors (Lipinski definition) is 5. The Balaban J connectivity index is 1.57. The number of ether oxygens (including phenoxy) is 3. The van der Waals surface area contributed by atoms with Gasteiger partial charge in [-0.05, 0) is 48.4 Å². The van der Waals surface area contributed by atoms with Crippen LogP contribution in [-0.4, -0.2) is 18.5 Å². The molecule has 0 N–H and O–H groups in total. The van der Waals surface area contributed by atoms with Crippen molar-refractivity contribution in [2.75, 3.05) is 6.61 Å². The highest BCUT2D eigenvalue weighted by Crippen LogP contribution is 2.31. The fraction of sp³-hybridized carbons (Fsp3) is 0.120. The summed E-state index contributed by atoms with van der Waals surface area (Å²) in [5.41, 5.74) is 1.94. The number of esters is 1. The third-order valence-electron chi connectivity index (χ3n) is 4.53. The van der Waals surface area contributed by atoms with Crippen LogP contribution in [-0.2, 0) is 16.1 Å². The fourth-order valence-corrected chi connectivity index (χ4v) is 3.05. The average Bonchev–Trinajstić information content (AvgIpc) is 3.14. The molecule has 0 saturated heterocycles. The number of aliphatic imine (C=N–C) groups is 1. The first-order valence-electron chi connectivity index (χ1n) is 9.85. The van der Waals surface area contributed by atoms with Crippen molar-refractivity contribution >= 4 is 17.9 Å². The van der Waals surface area contributed by atoms with Gasteiger partial charge in [-0.3, -0.25) is 0 Å². The Bertz CT molecular complexity index is 1160. The zero-order valence-corrected chi connectivity index (χ0v) is 16.9. The Morgan fingerprint density at radius 1 is 0.968 bits per heavy atom. The van der Waals surface area contributed by atoms with Crippen LogP contribution in [0.15, 0.2) is 83.5 Å². The highest BCUT2D eigenvalue weighted by Gasteiger charge is 2.26. The predicted molar refractivity (Wildman–Crippen MR) is 115 cm³/mol. The summed E-state index contributed by atoms with van der Waals surface area (Å²) < 4.78 is 30.7. The van der Waals surface area contributed by atoms with E-state index in [1.807, 2.05) is 37.3 Å². The summed E-state index contributed by atoms with van der Waals surface area (Å²) in [5.74, 6) is -0.0495. The Morgan fingerprint density at radius 3 is 2.52 bits per heavy atom. The molecule has 4 rings (SSSR count). The van der Waals surface area contributed by atoms with Crippen LogP contribution in [0.4, 0.5) is 4.39 Å². The van der Waals surface area contributed by atoms with E-state index in [0.29, 0.717) is 30.3 Å². The highest BCUT2D eigenvalue weighted by molar-refractivity contribution is 6.12. The molecule has 1 heterocycles. The van der Waals surface area contributed by atoms with Crippen LogP contribution in [0.2, 0.25) is 0 Å². The van der Waals surface area contributed by atoms with E-state index in [0.717, 1.165) is 5.56 Å². The predicted octanol–water partition coefficient (Wildman–Crippen LogP) is 5.15. The number of carbonyl (C=O) groups excluding carboxylic acids is 1. The summed E-state index contributed by atoms with van der Waals surface area (Å²) in [5, 5.41) is 0. The van der Waals surface area contributed by atoms with Gasteiger partial charge in [0.05, 0.1) is 12.2 Å². The maximum absolute atomic E-state index is 14.0. The number of carbonyl (C=O) groups is 1. The molecule has 156 valence electrons. The van der Waals surface area contributed by atoms with Gasteiger partial charge in [0.1, 0.15) is 12.4 Å². The average molecular weight is 417 g/mol. The molecule has 0 bridgehead atoms. The minimum Gasteiger partial charge on any atom is -0.490 e. The molecular weight excluding hydrogens is 397 g/mol. The molecule has 0 fully saturated rings. The van der Waals surface area contributed by atoms with E-state index < -0.39 is 11.8 Å². The zero-order chi connectivity index (χ0) is 21.6. The van der Waals surface area contributed by atoms with E-state index >= 15 is 0 Å². The van der Waals surface area contributed by atoms with Crippen LogP contribution in [0.5, 0.6) is 11.5 Å². The number of benzene rings is 3. The molecule has 1 aliphatic rings. The van der Waals surface area contributed by atoms with Crippen LogP contribution in [0.1, 0.15) is 23.6 Å². The second kappa shape index (κ2) is 9.26. The lowest BCUT2D eigenvalue weighted by Gasteiger charge is -2.12. The largest absolute Gasteiger partial charge is 0.490 e. The van der Waals surface area contributed by atoms with Crippen LogP contribution >= 0.6 is 0 Å². The van der Waals surface area contributed by atoms with Gasteiger partial charge in [-0.15, -0.1) is 0 Å². The standard InChI is InChI=1S/C25H20FNO4/c1-2-29-23-15-18(12-13-22(23)30-16-17-8-4-3-5-9-17)14-21-25(28)31-24(27-21)19-10-6-7-11-20(19)26/h3-15H,2,16H2,1H3/b21-14+. The van der Waals surface area contributed by atoms with Gasteiger partial charge in [0.2, 0.25) is 5.90 Å². The van der Waals surface area contributed by atoms with Gasteiger partial charge in [-0.2, -0.15) is 0 Å². The topological polar surface area (TPSA) is 57.1 Å². The minimum atomic E-state index is -0.638. The molecule has 3 aromatic carbocycles. The highest BCUT2D eigenvalue weighted by atomic mass is 19.1. The Labute approximate surface area is 179 Å². The van der Waals surface area contributed by atoms with Gasteiger partial charge in [0, 0.05) is 0 Å². The van der Waals surface area contributed by atoms with Gasteiger partial charge in [-0.25, -0.2) is 14.2 Å². The van der Waals surface area contributed by atoms with Gasteiger partial charge in [0.25, 0.3) is 0 Å². The second-order valence-corrected chi connectivity index (χ2v) is 6.73. The molecule has 0 aliphatic carbocycles. The van der Waals surface area contributed by atoms with Gasteiger partial charge < -0.3 is 14.2 Å². The van der Waals surface area contributed by atoms with Gasteiger partial charge in [0.15, 0.2) is 17.2 Å². The van der Waals surface area contributed by atoms with Crippen molar-refractivity contribution in [1.82, 2.24) is 0 Å². The maximum atomic E-state index is 14.0. The van der Waals surface area contributed by atoms with Crippen molar-refractivity contribution in [3.8, 4) is 11.5 Å². The second-order valence-electron chi connectivity index (χ2n) is 6.73. The van der Waals surface area contributed by atoms with Crippen LogP contribution in [0.25, 0.3) is 6.08 Å². The summed E-state index contributed by atoms with van der Waals surface area (Å²) >= 11 is 0. The SMILES string of the molecule is CCOc1cc(/C=C2/N=C(c3ccccc3F)OC2=O)ccc1OCc1ccccc1.